The van der Waals surface area contributed by atoms with Gasteiger partial charge in [0.05, 0.1) is 12.2 Å². The number of benzene rings is 1. The van der Waals surface area contributed by atoms with Gasteiger partial charge in [-0.15, -0.1) is 0 Å². The number of halogens is 1. The van der Waals surface area contributed by atoms with Crippen LogP contribution in [0, 0.1) is 5.82 Å². The zero-order chi connectivity index (χ0) is 18.7. The van der Waals surface area contributed by atoms with Gasteiger partial charge in [-0.3, -0.25) is 9.69 Å². The summed E-state index contributed by atoms with van der Waals surface area (Å²) in [6.45, 7) is 6.60. The van der Waals surface area contributed by atoms with E-state index in [9.17, 15) is 9.18 Å². The minimum Gasteiger partial charge on any atom is -0.342 e. The summed E-state index contributed by atoms with van der Waals surface area (Å²) in [6.07, 6.45) is 4.19. The number of aromatic nitrogens is 2. The predicted octanol–water partition coefficient (Wildman–Crippen LogP) is 1.78. The first kappa shape index (κ1) is 18.5. The second-order valence-corrected chi connectivity index (χ2v) is 6.70. The van der Waals surface area contributed by atoms with Crippen LogP contribution in [0.4, 0.5) is 4.39 Å². The number of para-hydroxylation sites is 1. The van der Waals surface area contributed by atoms with E-state index in [1.807, 2.05) is 18.7 Å². The summed E-state index contributed by atoms with van der Waals surface area (Å²) in [5, 5.41) is 4.27. The molecule has 0 saturated carbocycles. The van der Waals surface area contributed by atoms with E-state index in [1.54, 1.807) is 30.6 Å². The summed E-state index contributed by atoms with van der Waals surface area (Å²) in [5.41, 5.74) is 7.46. The molecule has 140 valence electrons. The molecule has 1 aliphatic heterocycles. The Morgan fingerprint density at radius 1 is 1.35 bits per heavy atom. The Balaban J connectivity index is 1.75. The van der Waals surface area contributed by atoms with Crippen LogP contribution in [0.2, 0.25) is 0 Å². The van der Waals surface area contributed by atoms with Gasteiger partial charge < -0.3 is 10.6 Å². The van der Waals surface area contributed by atoms with Crippen LogP contribution < -0.4 is 5.73 Å². The molecule has 1 aromatic carbocycles. The number of likely N-dealkylation sites (tertiary alicyclic amines) is 1. The average Bonchev–Trinajstić information content (AvgIpc) is 3.23. The predicted molar refractivity (Wildman–Crippen MR) is 98.2 cm³/mol. The van der Waals surface area contributed by atoms with Crippen molar-refractivity contribution < 1.29 is 9.18 Å². The molecule has 0 radical (unpaired) electrons. The zero-order valence-electron chi connectivity index (χ0n) is 15.3. The minimum absolute atomic E-state index is 0.0128. The summed E-state index contributed by atoms with van der Waals surface area (Å²) in [5.74, 6) is -0.190. The Morgan fingerprint density at radius 2 is 2.08 bits per heavy atom. The first-order chi connectivity index (χ1) is 12.5. The van der Waals surface area contributed by atoms with E-state index in [2.05, 4.69) is 10.00 Å². The summed E-state index contributed by atoms with van der Waals surface area (Å²) in [6, 6.07) is 6.30. The third-order valence-electron chi connectivity index (χ3n) is 4.92. The maximum Gasteiger partial charge on any atom is 0.239 e. The lowest BCUT2D eigenvalue weighted by molar-refractivity contribution is -0.135. The molecule has 1 saturated heterocycles. The van der Waals surface area contributed by atoms with Crippen molar-refractivity contribution in [3.63, 3.8) is 0 Å². The molecular weight excluding hydrogens is 333 g/mol. The molecule has 2 aromatic rings. The summed E-state index contributed by atoms with van der Waals surface area (Å²) in [4.78, 5) is 16.7. The van der Waals surface area contributed by atoms with Crippen LogP contribution >= 0.6 is 0 Å². The van der Waals surface area contributed by atoms with Crippen molar-refractivity contribution in [3.8, 4) is 5.69 Å². The Kier molecular flexibility index (Phi) is 5.68. The zero-order valence-corrected chi connectivity index (χ0v) is 15.3. The number of likely N-dealkylation sites (N-methyl/N-ethyl adjacent to an activating group) is 1. The number of carbonyl (C=O) groups excluding carboxylic acids is 1. The van der Waals surface area contributed by atoms with Gasteiger partial charge in [0.1, 0.15) is 11.5 Å². The molecule has 1 amide bonds. The second-order valence-electron chi connectivity index (χ2n) is 6.70. The largest absolute Gasteiger partial charge is 0.342 e. The van der Waals surface area contributed by atoms with Crippen LogP contribution in [-0.2, 0) is 11.3 Å². The highest BCUT2D eigenvalue weighted by molar-refractivity contribution is 5.82. The Hall–Kier alpha value is -2.25. The Morgan fingerprint density at radius 3 is 2.77 bits per heavy atom. The molecule has 0 bridgehead atoms. The molecule has 2 N–H and O–H groups in total. The lowest BCUT2D eigenvalue weighted by Gasteiger charge is -2.28. The maximum atomic E-state index is 13.9. The fraction of sp³-hybridized carbons (Fsp3) is 0.474. The molecule has 7 heteroatoms. The molecule has 2 atom stereocenters. The third kappa shape index (κ3) is 3.78. The highest BCUT2D eigenvalue weighted by Crippen LogP contribution is 2.22. The van der Waals surface area contributed by atoms with Crippen molar-refractivity contribution in [1.29, 1.82) is 0 Å². The van der Waals surface area contributed by atoms with Gasteiger partial charge in [0.25, 0.3) is 0 Å². The van der Waals surface area contributed by atoms with E-state index in [-0.39, 0.29) is 23.8 Å². The molecule has 0 aliphatic carbocycles. The maximum absolute atomic E-state index is 13.9. The van der Waals surface area contributed by atoms with E-state index >= 15 is 0 Å². The van der Waals surface area contributed by atoms with E-state index in [0.717, 1.165) is 5.56 Å². The van der Waals surface area contributed by atoms with Gasteiger partial charge >= 0.3 is 0 Å². The van der Waals surface area contributed by atoms with Gasteiger partial charge in [0.2, 0.25) is 5.91 Å². The molecular formula is C19H26FN5O. The number of hydrogen-bond acceptors (Lipinski definition) is 4. The van der Waals surface area contributed by atoms with Gasteiger partial charge in [-0.25, -0.2) is 9.07 Å². The summed E-state index contributed by atoms with van der Waals surface area (Å²) in [7, 11) is 0. The topological polar surface area (TPSA) is 67.4 Å². The van der Waals surface area contributed by atoms with Crippen molar-refractivity contribution in [3.05, 3.63) is 48.0 Å². The van der Waals surface area contributed by atoms with E-state index in [4.69, 9.17) is 5.73 Å². The van der Waals surface area contributed by atoms with E-state index in [1.165, 1.54) is 10.7 Å². The van der Waals surface area contributed by atoms with E-state index < -0.39 is 0 Å². The quantitative estimate of drug-likeness (QED) is 0.854. The number of carbonyl (C=O) groups is 1. The monoisotopic (exact) mass is 359 g/mol. The number of nitrogens with two attached hydrogens (primary N) is 1. The molecule has 1 aromatic heterocycles. The Labute approximate surface area is 153 Å². The van der Waals surface area contributed by atoms with Crippen LogP contribution in [0.1, 0.15) is 25.8 Å². The fourth-order valence-corrected chi connectivity index (χ4v) is 3.56. The summed E-state index contributed by atoms with van der Waals surface area (Å²) < 4.78 is 15.5. The average molecular weight is 359 g/mol. The smallest absolute Gasteiger partial charge is 0.239 e. The lowest BCUT2D eigenvalue weighted by atomic mass is 10.1. The second kappa shape index (κ2) is 7.97. The van der Waals surface area contributed by atoms with Crippen LogP contribution in [0.25, 0.3) is 5.69 Å². The third-order valence-corrected chi connectivity index (χ3v) is 4.92. The van der Waals surface area contributed by atoms with Gasteiger partial charge in [0.15, 0.2) is 0 Å². The SMILES string of the molecule is CCN(CC)C(=O)[C@@H]1C[C@H](N)CN1Cc1cnn(-c2ccccc2F)c1. The van der Waals surface area contributed by atoms with Crippen LogP contribution in [0.15, 0.2) is 36.7 Å². The standard InChI is InChI=1S/C19H26FN5O/c1-3-23(4-2)19(26)18-9-15(21)13-24(18)11-14-10-22-25(12-14)17-8-6-5-7-16(17)20/h5-8,10,12,15,18H,3-4,9,11,13,21H2,1-2H3/t15-,18-/m0/s1. The molecule has 1 fully saturated rings. The fourth-order valence-electron chi connectivity index (χ4n) is 3.56. The summed E-state index contributed by atoms with van der Waals surface area (Å²) >= 11 is 0. The normalized spacial score (nSPS) is 20.5. The van der Waals surface area contributed by atoms with Crippen LogP contribution in [0.5, 0.6) is 0 Å². The number of nitrogens with zero attached hydrogens (tertiary/aromatic N) is 4. The first-order valence-corrected chi connectivity index (χ1v) is 9.10. The lowest BCUT2D eigenvalue weighted by Crippen LogP contribution is -2.45. The molecule has 2 heterocycles. The molecule has 3 rings (SSSR count). The van der Waals surface area contributed by atoms with Gasteiger partial charge in [-0.2, -0.15) is 5.10 Å². The Bertz CT molecular complexity index is 758. The minimum atomic E-state index is -0.320. The van der Waals surface area contributed by atoms with Crippen molar-refractivity contribution in [2.75, 3.05) is 19.6 Å². The molecule has 0 spiro atoms. The van der Waals surface area contributed by atoms with Gasteiger partial charge in [0, 0.05) is 44.0 Å². The van der Waals surface area contributed by atoms with Crippen LogP contribution in [-0.4, -0.2) is 57.2 Å². The van der Waals surface area contributed by atoms with Crippen molar-refractivity contribution in [2.45, 2.75) is 38.9 Å². The van der Waals surface area contributed by atoms with Crippen molar-refractivity contribution in [2.24, 2.45) is 5.73 Å². The highest BCUT2D eigenvalue weighted by atomic mass is 19.1. The molecule has 6 nitrogen and oxygen atoms in total. The van der Waals surface area contributed by atoms with Crippen molar-refractivity contribution in [1.82, 2.24) is 19.6 Å². The van der Waals surface area contributed by atoms with Crippen molar-refractivity contribution >= 4 is 5.91 Å². The number of rotatable bonds is 6. The van der Waals surface area contributed by atoms with Gasteiger partial charge in [-0.05, 0) is 32.4 Å². The molecule has 0 unspecified atom stereocenters. The molecule has 1 aliphatic rings. The molecule has 26 heavy (non-hydrogen) atoms. The number of hydrogen-bond donors (Lipinski definition) is 1. The highest BCUT2D eigenvalue weighted by Gasteiger charge is 2.36. The van der Waals surface area contributed by atoms with E-state index in [0.29, 0.717) is 38.3 Å². The van der Waals surface area contributed by atoms with Crippen LogP contribution in [0.3, 0.4) is 0 Å². The first-order valence-electron chi connectivity index (χ1n) is 9.10. The number of amides is 1. The van der Waals surface area contributed by atoms with Gasteiger partial charge in [-0.1, -0.05) is 12.1 Å².